The number of ketones is 1. The molecule has 0 saturated carbocycles. The van der Waals surface area contributed by atoms with Gasteiger partial charge in [-0.05, 0) is 146 Å². The van der Waals surface area contributed by atoms with Gasteiger partial charge in [-0.3, -0.25) is 14.8 Å². The number of pyridine rings is 1. The summed E-state index contributed by atoms with van der Waals surface area (Å²) in [7, 11) is 0. The van der Waals surface area contributed by atoms with Crippen LogP contribution in [-0.2, 0) is 11.2 Å². The lowest BCUT2D eigenvalue weighted by atomic mass is 9.85. The van der Waals surface area contributed by atoms with E-state index in [1.807, 2.05) is 98.2 Å². The van der Waals surface area contributed by atoms with E-state index < -0.39 is 0 Å². The van der Waals surface area contributed by atoms with Crippen LogP contribution >= 0.6 is 0 Å². The monoisotopic (exact) mass is 972 g/mol. The maximum Gasteiger partial charge on any atom is 0.167 e. The average Bonchev–Trinajstić information content (AvgIpc) is 3.46. The fraction of sp³-hybridized carbons (Fsp3) is 0.0845. The first kappa shape index (κ1) is 50.7. The van der Waals surface area contributed by atoms with Crippen LogP contribution in [0, 0.1) is 0 Å². The molecule has 1 aliphatic carbocycles. The molecule has 0 spiro atoms. The third-order valence-corrected chi connectivity index (χ3v) is 13.7. The number of aryl methyl sites for hydroxylation is 1. The van der Waals surface area contributed by atoms with E-state index >= 15 is 0 Å². The van der Waals surface area contributed by atoms with Gasteiger partial charge >= 0.3 is 0 Å². The van der Waals surface area contributed by atoms with Gasteiger partial charge in [-0.25, -0.2) is 0 Å². The molecule has 0 amide bonds. The first-order valence-electron chi connectivity index (χ1n) is 25.5. The van der Waals surface area contributed by atoms with Crippen LogP contribution in [0.2, 0.25) is 0 Å². The van der Waals surface area contributed by atoms with Crippen molar-refractivity contribution in [2.24, 2.45) is 4.99 Å². The van der Waals surface area contributed by atoms with Gasteiger partial charge in [0.2, 0.25) is 0 Å². The van der Waals surface area contributed by atoms with E-state index in [2.05, 4.69) is 165 Å². The minimum absolute atomic E-state index is 0.0117. The van der Waals surface area contributed by atoms with Gasteiger partial charge in [0.25, 0.3) is 0 Å². The number of rotatable bonds is 18. The standard InChI is InChI=1S/C71H60N2O2/c1-6-53(54-25-11-7-12-26-54)47-72-51(4)49(2)39-40-50(3)62-34-21-22-36-64(62)60-43-59(63-35-20-19-29-56(63)41-42-70(75)71(52(5)74)58-32-17-10-18-33-58)44-61(45-60)65-37-23-24-38-66(65)68-48-73-69(57-30-15-9-16-31-57)46-67(68)55-27-13-8-14-28-55/h6-11,13-25,27-40,43-48,74H,2-4,12,26,41-42H2,1,5H3/b40-39-,53-6-,71-52-,72-47?. The van der Waals surface area contributed by atoms with Crippen LogP contribution in [0.15, 0.2) is 284 Å². The summed E-state index contributed by atoms with van der Waals surface area (Å²) in [6, 6.07) is 64.4. The Bertz CT molecular complexity index is 3620. The number of aliphatic hydroxyl groups is 1. The molecule has 4 nitrogen and oxygen atoms in total. The van der Waals surface area contributed by atoms with Crippen LogP contribution in [0.1, 0.15) is 49.8 Å². The maximum absolute atomic E-state index is 14.0. The Balaban J connectivity index is 1.14. The Morgan fingerprint density at radius 1 is 0.627 bits per heavy atom. The smallest absolute Gasteiger partial charge is 0.167 e. The number of Topliss-reactive ketones (excluding diaryl/α,β-unsaturated/α-hetero) is 1. The molecule has 0 aliphatic heterocycles. The Morgan fingerprint density at radius 3 is 1.88 bits per heavy atom. The highest BCUT2D eigenvalue weighted by Gasteiger charge is 2.20. The number of allylic oxidation sites excluding steroid dienone is 11. The molecule has 0 unspecified atom stereocenters. The summed E-state index contributed by atoms with van der Waals surface area (Å²) in [6.45, 7) is 16.8. The molecular formula is C71H60N2O2. The van der Waals surface area contributed by atoms with Crippen LogP contribution in [0.25, 0.3) is 78.0 Å². The van der Waals surface area contributed by atoms with Crippen LogP contribution in [0.3, 0.4) is 0 Å². The number of carbonyl (C=O) groups is 1. The average molecular weight is 973 g/mol. The summed E-state index contributed by atoms with van der Waals surface area (Å²) in [5, 5.41) is 10.8. The largest absolute Gasteiger partial charge is 0.512 e. The molecule has 4 heteroatoms. The molecule has 1 aromatic heterocycles. The number of aromatic nitrogens is 1. The van der Waals surface area contributed by atoms with Crippen LogP contribution in [0.5, 0.6) is 0 Å². The maximum atomic E-state index is 14.0. The van der Waals surface area contributed by atoms with Crippen molar-refractivity contribution in [1.29, 1.82) is 0 Å². The number of aliphatic hydroxyl groups excluding tert-OH is 1. The number of nitrogens with zero attached hydrogens (tertiary/aromatic N) is 2. The van der Waals surface area contributed by atoms with E-state index in [9.17, 15) is 9.90 Å². The number of hydrogen-bond donors (Lipinski definition) is 1. The summed E-state index contributed by atoms with van der Waals surface area (Å²) in [6.07, 6.45) is 19.0. The highest BCUT2D eigenvalue weighted by molar-refractivity contribution is 6.21. The zero-order valence-corrected chi connectivity index (χ0v) is 42.7. The van der Waals surface area contributed by atoms with Crippen molar-refractivity contribution in [1.82, 2.24) is 4.98 Å². The summed E-state index contributed by atoms with van der Waals surface area (Å²) in [5.41, 5.74) is 19.7. The zero-order chi connectivity index (χ0) is 52.1. The molecule has 366 valence electrons. The molecule has 0 fully saturated rings. The van der Waals surface area contributed by atoms with Crippen molar-refractivity contribution in [3.63, 3.8) is 0 Å². The Labute approximate surface area is 442 Å². The topological polar surface area (TPSA) is 62.5 Å². The van der Waals surface area contributed by atoms with E-state index in [1.165, 1.54) is 5.57 Å². The molecule has 0 bridgehead atoms. The lowest BCUT2D eigenvalue weighted by Gasteiger charge is -2.19. The molecule has 0 saturated heterocycles. The van der Waals surface area contributed by atoms with Gasteiger partial charge in [-0.1, -0.05) is 220 Å². The Hall–Kier alpha value is -9.25. The van der Waals surface area contributed by atoms with E-state index in [1.54, 1.807) is 6.92 Å². The molecule has 1 aliphatic rings. The predicted molar refractivity (Wildman–Crippen MR) is 317 cm³/mol. The van der Waals surface area contributed by atoms with Gasteiger partial charge in [0.15, 0.2) is 5.78 Å². The van der Waals surface area contributed by atoms with Gasteiger partial charge in [-0.2, -0.15) is 0 Å². The van der Waals surface area contributed by atoms with Crippen LogP contribution in [-0.4, -0.2) is 22.1 Å². The van der Waals surface area contributed by atoms with E-state index in [0.29, 0.717) is 28.8 Å². The molecule has 9 rings (SSSR count). The van der Waals surface area contributed by atoms with Gasteiger partial charge in [-0.15, -0.1) is 0 Å². The molecule has 0 atom stereocenters. The van der Waals surface area contributed by atoms with Gasteiger partial charge in [0, 0.05) is 30.0 Å². The van der Waals surface area contributed by atoms with Crippen molar-refractivity contribution < 1.29 is 9.90 Å². The second kappa shape index (κ2) is 24.0. The number of hydrogen-bond acceptors (Lipinski definition) is 4. The van der Waals surface area contributed by atoms with Gasteiger partial charge in [0.1, 0.15) is 5.76 Å². The molecule has 0 radical (unpaired) electrons. The number of benzene rings is 7. The molecule has 1 N–H and O–H groups in total. The second-order valence-corrected chi connectivity index (χ2v) is 18.6. The molecule has 1 heterocycles. The molecule has 8 aromatic rings. The van der Waals surface area contributed by atoms with Crippen LogP contribution < -0.4 is 0 Å². The number of carbonyl (C=O) groups excluding carboxylic acids is 1. The van der Waals surface area contributed by atoms with Crippen molar-refractivity contribution in [3.05, 3.63) is 295 Å². The minimum Gasteiger partial charge on any atom is -0.512 e. The summed E-state index contributed by atoms with van der Waals surface area (Å²) < 4.78 is 0. The lowest BCUT2D eigenvalue weighted by molar-refractivity contribution is -0.113. The Kier molecular flexibility index (Phi) is 16.2. The lowest BCUT2D eigenvalue weighted by Crippen LogP contribution is -2.06. The first-order chi connectivity index (χ1) is 36.7. The third-order valence-electron chi connectivity index (χ3n) is 13.7. The summed E-state index contributed by atoms with van der Waals surface area (Å²) in [4.78, 5) is 23.8. The van der Waals surface area contributed by atoms with Crippen molar-refractivity contribution in [2.75, 3.05) is 0 Å². The summed E-state index contributed by atoms with van der Waals surface area (Å²) >= 11 is 0. The molecular weight excluding hydrogens is 913 g/mol. The van der Waals surface area contributed by atoms with Crippen molar-refractivity contribution >= 4 is 23.1 Å². The normalized spacial score (nSPS) is 12.9. The van der Waals surface area contributed by atoms with E-state index in [0.717, 1.165) is 102 Å². The van der Waals surface area contributed by atoms with Crippen molar-refractivity contribution in [3.8, 4) is 66.9 Å². The predicted octanol–water partition coefficient (Wildman–Crippen LogP) is 18.5. The highest BCUT2D eigenvalue weighted by atomic mass is 16.3. The third kappa shape index (κ3) is 12.0. The fourth-order valence-corrected chi connectivity index (χ4v) is 9.75. The van der Waals surface area contributed by atoms with Crippen LogP contribution in [0.4, 0.5) is 0 Å². The first-order valence-corrected chi connectivity index (χ1v) is 25.5. The Morgan fingerprint density at radius 2 is 1.21 bits per heavy atom. The zero-order valence-electron chi connectivity index (χ0n) is 42.7. The minimum atomic E-state index is -0.114. The molecule has 7 aromatic carbocycles. The quantitative estimate of drug-likeness (QED) is 0.0403. The van der Waals surface area contributed by atoms with E-state index in [4.69, 9.17) is 9.98 Å². The molecule has 75 heavy (non-hydrogen) atoms. The number of aliphatic imine (C=N–C) groups is 1. The SMILES string of the molecule is C=C(/C=C\C(=C)c1ccccc1-c1cc(-c2ccccc2CCC(=O)/C(=C(/C)O)c2ccccc2)cc(-c2ccccc2-c2cnc(-c3ccccc3)cc2-c2ccccc2)c1)C(=C)N=C/C(=C/C)C1=CC=CCC1. The fourth-order valence-electron chi connectivity index (χ4n) is 9.75. The second-order valence-electron chi connectivity index (χ2n) is 18.6. The highest BCUT2D eigenvalue weighted by Crippen LogP contribution is 2.43. The summed E-state index contributed by atoms with van der Waals surface area (Å²) in [5.74, 6) is -0.103. The van der Waals surface area contributed by atoms with Gasteiger partial charge < -0.3 is 5.11 Å². The van der Waals surface area contributed by atoms with Crippen molar-refractivity contribution in [2.45, 2.75) is 39.5 Å². The van der Waals surface area contributed by atoms with Gasteiger partial charge in [0.05, 0.1) is 17.0 Å². The van der Waals surface area contributed by atoms with E-state index in [-0.39, 0.29) is 18.0 Å².